The van der Waals surface area contributed by atoms with Crippen molar-refractivity contribution in [1.29, 1.82) is 0 Å². The Morgan fingerprint density at radius 3 is 2.58 bits per heavy atom. The number of hydrogen-bond donors (Lipinski definition) is 2. The van der Waals surface area contributed by atoms with Gasteiger partial charge in [0, 0.05) is 28.0 Å². The Kier molecular flexibility index (Phi) is 7.50. The molecule has 0 aliphatic heterocycles. The van der Waals surface area contributed by atoms with Gasteiger partial charge in [0.15, 0.2) is 0 Å². The monoisotopic (exact) mass is 395 g/mol. The number of nitrogens with one attached hydrogen (secondary N) is 1. The Bertz CT molecular complexity index is 750. The van der Waals surface area contributed by atoms with Crippen molar-refractivity contribution in [3.8, 4) is 0 Å². The number of benzene rings is 2. The molecule has 1 amide bonds. The van der Waals surface area contributed by atoms with Crippen molar-refractivity contribution in [3.05, 3.63) is 58.9 Å². The molecule has 0 aliphatic rings. The van der Waals surface area contributed by atoms with Crippen molar-refractivity contribution in [2.45, 2.75) is 36.5 Å². The zero-order valence-electron chi connectivity index (χ0n) is 14.9. The Balaban J connectivity index is 2.05. The molecule has 0 aromatic heterocycles. The van der Waals surface area contributed by atoms with Crippen LogP contribution < -0.4 is 5.32 Å². The standard InChI is InChI=1S/C20H23ClFNO2S/c1-20(2,13-24)11-4-12-23-19(25)18-16(22)5-3-6-17(18)26-15-9-7-14(21)8-10-15/h3,5-10,24H,4,11-13H2,1-2H3,(H,23,25). The van der Waals surface area contributed by atoms with Gasteiger partial charge in [-0.05, 0) is 54.7 Å². The lowest BCUT2D eigenvalue weighted by molar-refractivity contribution is 0.0941. The molecule has 2 N–H and O–H groups in total. The summed E-state index contributed by atoms with van der Waals surface area (Å²) >= 11 is 7.21. The number of carbonyl (C=O) groups excluding carboxylic acids is 1. The number of halogens is 2. The summed E-state index contributed by atoms with van der Waals surface area (Å²) in [6.07, 6.45) is 1.49. The first kappa shape index (κ1) is 20.7. The molecule has 6 heteroatoms. The van der Waals surface area contributed by atoms with Crippen LogP contribution in [0.5, 0.6) is 0 Å². The van der Waals surface area contributed by atoms with Gasteiger partial charge in [0.05, 0.1) is 5.56 Å². The second-order valence-corrected chi connectivity index (χ2v) is 8.40. The minimum absolute atomic E-state index is 0.0499. The lowest BCUT2D eigenvalue weighted by atomic mass is 9.89. The van der Waals surface area contributed by atoms with E-state index in [4.69, 9.17) is 11.6 Å². The Labute approximate surface area is 163 Å². The molecule has 0 atom stereocenters. The van der Waals surface area contributed by atoms with Gasteiger partial charge in [-0.3, -0.25) is 4.79 Å². The van der Waals surface area contributed by atoms with E-state index in [0.29, 0.717) is 22.9 Å². The highest BCUT2D eigenvalue weighted by Gasteiger charge is 2.19. The second kappa shape index (κ2) is 9.40. The van der Waals surface area contributed by atoms with E-state index >= 15 is 0 Å². The molecule has 0 unspecified atom stereocenters. The Morgan fingerprint density at radius 1 is 1.23 bits per heavy atom. The lowest BCUT2D eigenvalue weighted by Crippen LogP contribution is -2.27. The third-order valence-electron chi connectivity index (χ3n) is 3.99. The van der Waals surface area contributed by atoms with Crippen molar-refractivity contribution < 1.29 is 14.3 Å². The number of aliphatic hydroxyl groups is 1. The molecule has 26 heavy (non-hydrogen) atoms. The van der Waals surface area contributed by atoms with Crippen LogP contribution >= 0.6 is 23.4 Å². The van der Waals surface area contributed by atoms with Crippen LogP contribution in [0.1, 0.15) is 37.0 Å². The first-order valence-electron chi connectivity index (χ1n) is 8.43. The molecule has 3 nitrogen and oxygen atoms in total. The molecule has 2 rings (SSSR count). The van der Waals surface area contributed by atoms with Crippen LogP contribution in [0, 0.1) is 11.2 Å². The highest BCUT2D eigenvalue weighted by molar-refractivity contribution is 7.99. The molecule has 0 saturated heterocycles. The summed E-state index contributed by atoms with van der Waals surface area (Å²) in [5, 5.41) is 12.7. The molecule has 0 radical (unpaired) electrons. The van der Waals surface area contributed by atoms with E-state index in [1.807, 2.05) is 26.0 Å². The zero-order chi connectivity index (χ0) is 19.2. The van der Waals surface area contributed by atoms with E-state index in [1.54, 1.807) is 24.3 Å². The molecule has 0 fully saturated rings. The topological polar surface area (TPSA) is 49.3 Å². The molecule has 0 bridgehead atoms. The fourth-order valence-electron chi connectivity index (χ4n) is 2.38. The zero-order valence-corrected chi connectivity index (χ0v) is 16.5. The average Bonchev–Trinajstić information content (AvgIpc) is 2.61. The fourth-order valence-corrected chi connectivity index (χ4v) is 3.47. The highest BCUT2D eigenvalue weighted by atomic mass is 35.5. The van der Waals surface area contributed by atoms with Gasteiger partial charge in [-0.2, -0.15) is 0 Å². The van der Waals surface area contributed by atoms with E-state index in [1.165, 1.54) is 17.8 Å². The summed E-state index contributed by atoms with van der Waals surface area (Å²) in [5.41, 5.74) is -0.132. The number of carbonyl (C=O) groups is 1. The van der Waals surface area contributed by atoms with E-state index in [-0.39, 0.29) is 17.6 Å². The molecule has 2 aromatic carbocycles. The smallest absolute Gasteiger partial charge is 0.255 e. The maximum Gasteiger partial charge on any atom is 0.255 e. The second-order valence-electron chi connectivity index (χ2n) is 6.85. The summed E-state index contributed by atoms with van der Waals surface area (Å²) in [4.78, 5) is 13.9. The molecule has 140 valence electrons. The summed E-state index contributed by atoms with van der Waals surface area (Å²) in [7, 11) is 0. The van der Waals surface area contributed by atoms with Gasteiger partial charge in [-0.1, -0.05) is 43.3 Å². The van der Waals surface area contributed by atoms with Gasteiger partial charge in [-0.15, -0.1) is 0 Å². The average molecular weight is 396 g/mol. The van der Waals surface area contributed by atoms with Crippen LogP contribution in [-0.4, -0.2) is 24.2 Å². The van der Waals surface area contributed by atoms with Crippen LogP contribution in [0.25, 0.3) is 0 Å². The van der Waals surface area contributed by atoms with Crippen LogP contribution in [0.2, 0.25) is 5.02 Å². The predicted molar refractivity (Wildman–Crippen MR) is 104 cm³/mol. The Morgan fingerprint density at radius 2 is 1.92 bits per heavy atom. The van der Waals surface area contributed by atoms with Gasteiger partial charge in [0.1, 0.15) is 5.82 Å². The van der Waals surface area contributed by atoms with Gasteiger partial charge in [0.2, 0.25) is 0 Å². The maximum absolute atomic E-state index is 14.3. The molecule has 0 saturated carbocycles. The fraction of sp³-hybridized carbons (Fsp3) is 0.350. The molecule has 0 spiro atoms. The van der Waals surface area contributed by atoms with Crippen LogP contribution in [0.3, 0.4) is 0 Å². The summed E-state index contributed by atoms with van der Waals surface area (Å²) in [5.74, 6) is -0.974. The predicted octanol–water partition coefficient (Wildman–Crippen LogP) is 5.16. The van der Waals surface area contributed by atoms with Crippen LogP contribution in [-0.2, 0) is 0 Å². The Hall–Kier alpha value is -1.56. The van der Waals surface area contributed by atoms with E-state index < -0.39 is 11.7 Å². The van der Waals surface area contributed by atoms with Gasteiger partial charge in [0.25, 0.3) is 5.91 Å². The number of amides is 1. The van der Waals surface area contributed by atoms with E-state index in [9.17, 15) is 14.3 Å². The maximum atomic E-state index is 14.3. The van der Waals surface area contributed by atoms with Crippen molar-refractivity contribution in [1.82, 2.24) is 5.32 Å². The third-order valence-corrected chi connectivity index (χ3v) is 5.31. The third kappa shape index (κ3) is 6.01. The molecular weight excluding hydrogens is 373 g/mol. The number of hydrogen-bond acceptors (Lipinski definition) is 3. The molecule has 0 heterocycles. The van der Waals surface area contributed by atoms with Gasteiger partial charge >= 0.3 is 0 Å². The first-order valence-corrected chi connectivity index (χ1v) is 9.63. The number of aliphatic hydroxyl groups excluding tert-OH is 1. The molecule has 2 aromatic rings. The minimum Gasteiger partial charge on any atom is -0.396 e. The highest BCUT2D eigenvalue weighted by Crippen LogP contribution is 2.32. The van der Waals surface area contributed by atoms with E-state index in [2.05, 4.69) is 5.32 Å². The van der Waals surface area contributed by atoms with Crippen molar-refractivity contribution in [2.24, 2.45) is 5.41 Å². The summed E-state index contributed by atoms with van der Waals surface area (Å²) in [6.45, 7) is 4.46. The quantitative estimate of drug-likeness (QED) is 0.607. The summed E-state index contributed by atoms with van der Waals surface area (Å²) in [6, 6.07) is 11.8. The summed E-state index contributed by atoms with van der Waals surface area (Å²) < 4.78 is 14.3. The van der Waals surface area contributed by atoms with E-state index in [0.717, 1.165) is 11.3 Å². The molecular formula is C20H23ClFNO2S. The normalized spacial score (nSPS) is 11.4. The van der Waals surface area contributed by atoms with Gasteiger partial charge < -0.3 is 10.4 Å². The minimum atomic E-state index is -0.544. The first-order chi connectivity index (χ1) is 12.3. The molecule has 0 aliphatic carbocycles. The van der Waals surface area contributed by atoms with Crippen LogP contribution in [0.4, 0.5) is 4.39 Å². The van der Waals surface area contributed by atoms with Gasteiger partial charge in [-0.25, -0.2) is 4.39 Å². The lowest BCUT2D eigenvalue weighted by Gasteiger charge is -2.21. The number of rotatable bonds is 8. The van der Waals surface area contributed by atoms with Crippen molar-refractivity contribution in [2.75, 3.05) is 13.2 Å². The largest absolute Gasteiger partial charge is 0.396 e. The SMILES string of the molecule is CC(C)(CO)CCCNC(=O)c1c(F)cccc1Sc1ccc(Cl)cc1. The van der Waals surface area contributed by atoms with Crippen molar-refractivity contribution >= 4 is 29.3 Å². The van der Waals surface area contributed by atoms with Crippen molar-refractivity contribution in [3.63, 3.8) is 0 Å². The van der Waals surface area contributed by atoms with Crippen LogP contribution in [0.15, 0.2) is 52.3 Å².